The van der Waals surface area contributed by atoms with Gasteiger partial charge in [-0.3, -0.25) is 0 Å². The van der Waals surface area contributed by atoms with E-state index in [1.165, 1.54) is 44.8 Å². The maximum Gasteiger partial charge on any atom is 0.0146 e. The second kappa shape index (κ2) is 15.5. The Morgan fingerprint density at radius 3 is 1.62 bits per heavy atom. The van der Waals surface area contributed by atoms with Crippen LogP contribution in [0.1, 0.15) is 58.4 Å². The van der Waals surface area contributed by atoms with E-state index < -0.39 is 13.5 Å². The summed E-state index contributed by atoms with van der Waals surface area (Å²) in [5, 5.41) is 0. The number of anilines is 2. The van der Waals surface area contributed by atoms with Crippen LogP contribution in [0, 0.1) is 61.2 Å². The minimum absolute atomic E-state index is 0. The molecule has 0 amide bonds. The fourth-order valence-electron chi connectivity index (χ4n) is 5.26. The first-order chi connectivity index (χ1) is 17.9. The van der Waals surface area contributed by atoms with Gasteiger partial charge in [-0.05, 0) is 63.8 Å². The average molecular weight is 730 g/mol. The molecule has 1 radical (unpaired) electrons. The van der Waals surface area contributed by atoms with Gasteiger partial charge in [-0.25, -0.2) is 0 Å². The summed E-state index contributed by atoms with van der Waals surface area (Å²) in [6.07, 6.45) is 0.143. The van der Waals surface area contributed by atoms with E-state index in [2.05, 4.69) is 88.3 Å². The molecule has 0 atom stereocenters. The molecule has 7 heteroatoms. The van der Waals surface area contributed by atoms with E-state index in [-0.39, 0.29) is 38.8 Å². The fraction of sp³-hybridized carbons (Fsp3) is 0.375. The van der Waals surface area contributed by atoms with Crippen LogP contribution in [0.5, 0.6) is 5.75 Å². The summed E-state index contributed by atoms with van der Waals surface area (Å²) in [5.41, 5.74) is 12.8. The van der Waals surface area contributed by atoms with E-state index in [9.17, 15) is 0 Å². The summed E-state index contributed by atoms with van der Waals surface area (Å²) in [5.74, 6) is 0.865. The maximum atomic E-state index is 5.86. The minimum atomic E-state index is -1.81. The first-order valence-electron chi connectivity index (χ1n) is 12.9. The number of hydrogen-bond acceptors (Lipinski definition) is 3. The van der Waals surface area contributed by atoms with E-state index in [1.807, 2.05) is 37.5 Å². The van der Waals surface area contributed by atoms with Crippen LogP contribution in [0.4, 0.5) is 11.4 Å². The standard InChI is InChI=1S/C21H27N2.C11H13O.2ClH.Ru.Y/c1-14-9-16(3)20(17(4)10-14)22-7-8-23(13-22)21-18(5)11-15(2)12-19(21)6;1-8(2)12-11-9(3)6-5-7-10(11)4;;;;/h9-13H,7-8H2,1-6H3;3,6-8H,1-2,4H3;2*1H;;/q2*-1;;;+2;/p-2. The Balaban J connectivity index is 0.000000292. The van der Waals surface area contributed by atoms with Crippen LogP contribution in [0.15, 0.2) is 36.4 Å². The molecule has 1 fully saturated rings. The third-order valence-electron chi connectivity index (χ3n) is 6.41. The van der Waals surface area contributed by atoms with Crippen molar-refractivity contribution in [1.82, 2.24) is 0 Å². The van der Waals surface area contributed by atoms with Crippen molar-refractivity contribution in [2.75, 3.05) is 22.9 Å². The molecule has 4 rings (SSSR count). The molecule has 39 heavy (non-hydrogen) atoms. The van der Waals surface area contributed by atoms with E-state index in [1.54, 1.807) is 0 Å². The van der Waals surface area contributed by atoms with Crippen LogP contribution in [-0.4, -0.2) is 23.8 Å². The Kier molecular flexibility index (Phi) is 13.7. The van der Waals surface area contributed by atoms with E-state index in [4.69, 9.17) is 24.1 Å². The predicted molar refractivity (Wildman–Crippen MR) is 163 cm³/mol. The Labute approximate surface area is 274 Å². The number of ether oxygens (including phenoxy) is 1. The molecule has 3 nitrogen and oxygen atoms in total. The van der Waals surface area contributed by atoms with Gasteiger partial charge < -0.3 is 9.80 Å². The molecule has 0 aromatic heterocycles. The quantitative estimate of drug-likeness (QED) is 0.193. The van der Waals surface area contributed by atoms with Crippen molar-refractivity contribution in [2.24, 2.45) is 0 Å². The van der Waals surface area contributed by atoms with Gasteiger partial charge >= 0.3 is 104 Å². The van der Waals surface area contributed by atoms with Crippen molar-refractivity contribution in [1.29, 1.82) is 0 Å². The second-order valence-corrected chi connectivity index (χ2v) is 16.1. The van der Waals surface area contributed by atoms with E-state index in [0.29, 0.717) is 0 Å². The van der Waals surface area contributed by atoms with E-state index in [0.717, 1.165) is 30.0 Å². The first kappa shape index (κ1) is 34.4. The second-order valence-electron chi connectivity index (χ2n) is 10.4. The van der Waals surface area contributed by atoms with Gasteiger partial charge in [0.05, 0.1) is 0 Å². The van der Waals surface area contributed by atoms with Crippen LogP contribution < -0.4 is 14.5 Å². The summed E-state index contributed by atoms with van der Waals surface area (Å²) < 4.78 is 7.62. The molecule has 3 aromatic rings. The van der Waals surface area contributed by atoms with E-state index >= 15 is 0 Å². The van der Waals surface area contributed by atoms with Crippen molar-refractivity contribution in [3.8, 4) is 5.75 Å². The Morgan fingerprint density at radius 1 is 0.795 bits per heavy atom. The molecule has 211 valence electrons. The minimum Gasteiger partial charge on any atom is -0.502 e. The summed E-state index contributed by atoms with van der Waals surface area (Å²) in [6, 6.07) is 15.9. The van der Waals surface area contributed by atoms with Crippen LogP contribution in [-0.2, 0) is 46.2 Å². The molecular weight excluding hydrogens is 689 g/mol. The third-order valence-corrected chi connectivity index (χ3v) is 8.24. The van der Waals surface area contributed by atoms with Gasteiger partial charge in [0.15, 0.2) is 0 Å². The predicted octanol–water partition coefficient (Wildman–Crippen LogP) is 8.64. The molecule has 0 aliphatic carbocycles. The van der Waals surface area contributed by atoms with Gasteiger partial charge in [0.2, 0.25) is 0 Å². The molecule has 0 spiro atoms. The van der Waals surface area contributed by atoms with Crippen molar-refractivity contribution >= 4 is 35.4 Å². The number of hydrogen-bond donors (Lipinski definition) is 0. The van der Waals surface area contributed by atoms with Crippen LogP contribution in [0.2, 0.25) is 0 Å². The Bertz CT molecular complexity index is 1210. The zero-order valence-electron chi connectivity index (χ0n) is 24.6. The number of nitrogens with zero attached hydrogens (tertiary/aromatic N) is 2. The fourth-order valence-corrected chi connectivity index (χ4v) is 7.02. The molecule has 1 aliphatic heterocycles. The summed E-state index contributed by atoms with van der Waals surface area (Å²) in [4.78, 5) is 4.81. The molecular formula is C32H40Cl2N2ORuY-2. The Morgan fingerprint density at radius 2 is 1.23 bits per heavy atom. The van der Waals surface area contributed by atoms with Crippen LogP contribution >= 0.6 is 19.4 Å². The molecule has 3 aromatic carbocycles. The number of aryl methyl sites for hydroxylation is 7. The van der Waals surface area contributed by atoms with Crippen LogP contribution in [0.3, 0.4) is 0 Å². The molecule has 1 aliphatic rings. The van der Waals surface area contributed by atoms with Gasteiger partial charge in [-0.1, -0.05) is 35.4 Å². The average Bonchev–Trinajstić information content (AvgIpc) is 3.23. The first-order valence-corrected chi connectivity index (χ1v) is 18.4. The number of benzene rings is 3. The smallest absolute Gasteiger partial charge is 0.0146 e. The number of halogens is 2. The molecule has 0 saturated carbocycles. The van der Waals surface area contributed by atoms with Crippen molar-refractivity contribution in [3.05, 3.63) is 93.6 Å². The zero-order valence-corrected chi connectivity index (χ0v) is 30.7. The third kappa shape index (κ3) is 9.37. The largest absolute Gasteiger partial charge is 0.502 e. The maximum absolute atomic E-state index is 5.86. The monoisotopic (exact) mass is 729 g/mol. The molecule has 0 N–H and O–H groups in total. The van der Waals surface area contributed by atoms with Gasteiger partial charge in [-0.15, -0.1) is 0 Å². The summed E-state index contributed by atoms with van der Waals surface area (Å²) >= 11 is -1.81. The summed E-state index contributed by atoms with van der Waals surface area (Å²) in [6.45, 7) is 23.6. The van der Waals surface area contributed by atoms with Gasteiger partial charge in [0.25, 0.3) is 0 Å². The SMILES string of the molecule is Cc1c[c-]cc([CH]=[Ru]([Cl])[Cl])c1OC(C)C.Cc1cc(C)c(N2[CH-]N(c3c(C)cc(C)cc3C)CC2)c(C)c1.[Y]. The van der Waals surface area contributed by atoms with Crippen molar-refractivity contribution in [2.45, 2.75) is 68.4 Å². The summed E-state index contributed by atoms with van der Waals surface area (Å²) in [7, 11) is 11.7. The zero-order chi connectivity index (χ0) is 28.1. The molecule has 1 saturated heterocycles. The van der Waals surface area contributed by atoms with Crippen LogP contribution in [0.25, 0.3) is 0 Å². The van der Waals surface area contributed by atoms with Gasteiger partial charge in [0, 0.05) is 57.2 Å². The van der Waals surface area contributed by atoms with Gasteiger partial charge in [-0.2, -0.15) is 6.67 Å². The normalized spacial score (nSPS) is 13.1. The topological polar surface area (TPSA) is 15.7 Å². The molecule has 1 heterocycles. The van der Waals surface area contributed by atoms with Gasteiger partial charge in [0.1, 0.15) is 0 Å². The number of rotatable bonds is 5. The van der Waals surface area contributed by atoms with Crippen molar-refractivity contribution < 1.29 is 51.0 Å². The molecule has 0 unspecified atom stereocenters. The Hall–Kier alpha value is -0.763. The van der Waals surface area contributed by atoms with Crippen molar-refractivity contribution in [3.63, 3.8) is 0 Å². The molecule has 0 bridgehead atoms.